The van der Waals surface area contributed by atoms with Crippen LogP contribution in [0.4, 0.5) is 0 Å². The van der Waals surface area contributed by atoms with Crippen molar-refractivity contribution in [2.45, 2.75) is 39.0 Å². The summed E-state index contributed by atoms with van der Waals surface area (Å²) in [5.74, 6) is 0.901. The van der Waals surface area contributed by atoms with Crippen molar-refractivity contribution < 1.29 is 9.47 Å². The Morgan fingerprint density at radius 2 is 1.92 bits per heavy atom. The highest BCUT2D eigenvalue weighted by Gasteiger charge is 2.33. The van der Waals surface area contributed by atoms with Crippen molar-refractivity contribution in [2.75, 3.05) is 67.2 Å². The largest absolute Gasteiger partial charge is 0.383 e. The van der Waals surface area contributed by atoms with Gasteiger partial charge in [-0.3, -0.25) is 4.99 Å². The van der Waals surface area contributed by atoms with E-state index in [1.54, 1.807) is 7.11 Å². The summed E-state index contributed by atoms with van der Waals surface area (Å²) in [5, 5.41) is 6.95. The zero-order valence-corrected chi connectivity index (χ0v) is 16.2. The van der Waals surface area contributed by atoms with Crippen molar-refractivity contribution in [2.24, 2.45) is 10.4 Å². The van der Waals surface area contributed by atoms with E-state index in [-0.39, 0.29) is 0 Å². The number of hydrogen-bond acceptors (Lipinski definition) is 4. The first-order valence-electron chi connectivity index (χ1n) is 9.35. The van der Waals surface area contributed by atoms with Crippen molar-refractivity contribution in [3.05, 3.63) is 0 Å². The second-order valence-electron chi connectivity index (χ2n) is 6.80. The molecule has 0 bridgehead atoms. The molecule has 24 heavy (non-hydrogen) atoms. The quantitative estimate of drug-likeness (QED) is 0.321. The fourth-order valence-corrected chi connectivity index (χ4v) is 3.29. The molecule has 1 rings (SSSR count). The molecule has 0 aromatic carbocycles. The molecule has 142 valence electrons. The molecular formula is C18H38N4O2. The van der Waals surface area contributed by atoms with E-state index in [0.717, 1.165) is 58.4 Å². The Bertz CT molecular complexity index is 344. The maximum Gasteiger partial charge on any atom is 0.191 e. The first-order chi connectivity index (χ1) is 11.7. The van der Waals surface area contributed by atoms with Gasteiger partial charge in [0.25, 0.3) is 0 Å². The second-order valence-corrected chi connectivity index (χ2v) is 6.80. The lowest BCUT2D eigenvalue weighted by Gasteiger charge is -2.30. The molecule has 0 atom stereocenters. The van der Waals surface area contributed by atoms with Crippen molar-refractivity contribution in [1.82, 2.24) is 15.5 Å². The molecule has 1 saturated carbocycles. The lowest BCUT2D eigenvalue weighted by molar-refractivity contribution is 0.105. The monoisotopic (exact) mass is 342 g/mol. The Morgan fingerprint density at radius 1 is 1.17 bits per heavy atom. The van der Waals surface area contributed by atoms with Gasteiger partial charge >= 0.3 is 0 Å². The minimum absolute atomic E-state index is 0.377. The molecule has 0 spiro atoms. The number of rotatable bonds is 12. The smallest absolute Gasteiger partial charge is 0.191 e. The van der Waals surface area contributed by atoms with Crippen LogP contribution in [0.3, 0.4) is 0 Å². The van der Waals surface area contributed by atoms with Crippen LogP contribution >= 0.6 is 0 Å². The van der Waals surface area contributed by atoms with E-state index >= 15 is 0 Å². The lowest BCUT2D eigenvalue weighted by Crippen LogP contribution is -2.45. The molecule has 0 aromatic heterocycles. The highest BCUT2D eigenvalue weighted by molar-refractivity contribution is 5.79. The van der Waals surface area contributed by atoms with E-state index in [1.165, 1.54) is 25.7 Å². The molecule has 1 aliphatic carbocycles. The van der Waals surface area contributed by atoms with E-state index in [0.29, 0.717) is 5.41 Å². The fraction of sp³-hybridized carbons (Fsp3) is 0.944. The number of nitrogens with zero attached hydrogens (tertiary/aromatic N) is 2. The standard InChI is InChI=1S/C18H38N4O2/c1-5-24-14-10-18(8-6-7-9-18)16-21-17(19-2)20-11-12-22(3)13-15-23-4/h5-16H2,1-4H3,(H2,19,20,21). The second kappa shape index (κ2) is 12.5. The van der Waals surface area contributed by atoms with Crippen LogP contribution in [0.25, 0.3) is 0 Å². The molecule has 0 radical (unpaired) electrons. The maximum absolute atomic E-state index is 5.59. The summed E-state index contributed by atoms with van der Waals surface area (Å²) in [4.78, 5) is 6.61. The van der Waals surface area contributed by atoms with Gasteiger partial charge < -0.3 is 25.0 Å². The van der Waals surface area contributed by atoms with Gasteiger partial charge in [-0.2, -0.15) is 0 Å². The van der Waals surface area contributed by atoms with Gasteiger partial charge in [-0.25, -0.2) is 0 Å². The van der Waals surface area contributed by atoms with Crippen LogP contribution in [0, 0.1) is 5.41 Å². The highest BCUT2D eigenvalue weighted by atomic mass is 16.5. The summed E-state index contributed by atoms with van der Waals surface area (Å²) in [7, 11) is 5.69. The number of hydrogen-bond donors (Lipinski definition) is 2. The van der Waals surface area contributed by atoms with Crippen LogP contribution in [0.15, 0.2) is 4.99 Å². The molecule has 2 N–H and O–H groups in total. The summed E-state index contributed by atoms with van der Waals surface area (Å²) in [6, 6.07) is 0. The van der Waals surface area contributed by atoms with Gasteiger partial charge in [0.15, 0.2) is 5.96 Å². The normalized spacial score (nSPS) is 17.5. The lowest BCUT2D eigenvalue weighted by atomic mass is 9.83. The minimum Gasteiger partial charge on any atom is -0.383 e. The van der Waals surface area contributed by atoms with Gasteiger partial charge in [0.2, 0.25) is 0 Å². The molecule has 6 heteroatoms. The van der Waals surface area contributed by atoms with Gasteiger partial charge in [0.05, 0.1) is 6.61 Å². The predicted octanol–water partition coefficient (Wildman–Crippen LogP) is 1.72. The van der Waals surface area contributed by atoms with Crippen LogP contribution in [0.2, 0.25) is 0 Å². The fourth-order valence-electron chi connectivity index (χ4n) is 3.29. The van der Waals surface area contributed by atoms with Crippen molar-refractivity contribution in [3.63, 3.8) is 0 Å². The zero-order chi connectivity index (χ0) is 17.7. The van der Waals surface area contributed by atoms with Crippen molar-refractivity contribution in [3.8, 4) is 0 Å². The van der Waals surface area contributed by atoms with Crippen LogP contribution in [-0.2, 0) is 9.47 Å². The summed E-state index contributed by atoms with van der Waals surface area (Å²) in [6.07, 6.45) is 6.41. The highest BCUT2D eigenvalue weighted by Crippen LogP contribution is 2.40. The third-order valence-electron chi connectivity index (χ3n) is 4.96. The van der Waals surface area contributed by atoms with Crippen LogP contribution in [0.5, 0.6) is 0 Å². The minimum atomic E-state index is 0.377. The number of likely N-dealkylation sites (N-methyl/N-ethyl adjacent to an activating group) is 1. The van der Waals surface area contributed by atoms with Gasteiger partial charge in [0, 0.05) is 53.6 Å². The first-order valence-corrected chi connectivity index (χ1v) is 9.35. The number of ether oxygens (including phenoxy) is 2. The molecular weight excluding hydrogens is 304 g/mol. The molecule has 0 aliphatic heterocycles. The summed E-state index contributed by atoms with van der Waals surface area (Å²) in [5.41, 5.74) is 0.377. The average Bonchev–Trinajstić information content (AvgIpc) is 3.05. The van der Waals surface area contributed by atoms with Gasteiger partial charge in [0.1, 0.15) is 0 Å². The van der Waals surface area contributed by atoms with Crippen molar-refractivity contribution >= 4 is 5.96 Å². The van der Waals surface area contributed by atoms with Crippen LogP contribution in [0.1, 0.15) is 39.0 Å². The summed E-state index contributed by atoms with van der Waals surface area (Å²) >= 11 is 0. The third kappa shape index (κ3) is 8.31. The Balaban J connectivity index is 2.30. The SMILES string of the molecule is CCOCCC1(CNC(=NC)NCCN(C)CCOC)CCCC1. The number of nitrogens with one attached hydrogen (secondary N) is 2. The van der Waals surface area contributed by atoms with Crippen LogP contribution in [-0.4, -0.2) is 78.1 Å². The van der Waals surface area contributed by atoms with E-state index in [2.05, 4.69) is 34.5 Å². The molecule has 1 fully saturated rings. The number of guanidine groups is 1. The van der Waals surface area contributed by atoms with Gasteiger partial charge in [-0.05, 0) is 38.6 Å². The van der Waals surface area contributed by atoms with E-state index in [1.807, 2.05) is 7.05 Å². The van der Waals surface area contributed by atoms with Gasteiger partial charge in [-0.1, -0.05) is 12.8 Å². The Labute approximate surface area is 148 Å². The summed E-state index contributed by atoms with van der Waals surface area (Å²) in [6.45, 7) is 8.30. The molecule has 0 unspecified atom stereocenters. The Morgan fingerprint density at radius 3 is 2.54 bits per heavy atom. The van der Waals surface area contributed by atoms with Crippen LogP contribution < -0.4 is 10.6 Å². The summed E-state index contributed by atoms with van der Waals surface area (Å²) < 4.78 is 10.7. The average molecular weight is 343 g/mol. The molecule has 0 aromatic rings. The van der Waals surface area contributed by atoms with Gasteiger partial charge in [-0.15, -0.1) is 0 Å². The first kappa shape index (κ1) is 21.2. The van der Waals surface area contributed by atoms with E-state index in [9.17, 15) is 0 Å². The molecule has 6 nitrogen and oxygen atoms in total. The molecule has 0 heterocycles. The molecule has 1 aliphatic rings. The third-order valence-corrected chi connectivity index (χ3v) is 4.96. The molecule has 0 amide bonds. The number of aliphatic imine (C=N–C) groups is 1. The van der Waals surface area contributed by atoms with E-state index < -0.39 is 0 Å². The number of methoxy groups -OCH3 is 1. The Hall–Kier alpha value is -0.850. The Kier molecular flexibility index (Phi) is 11.0. The topological polar surface area (TPSA) is 58.1 Å². The van der Waals surface area contributed by atoms with E-state index in [4.69, 9.17) is 9.47 Å². The maximum atomic E-state index is 5.59. The van der Waals surface area contributed by atoms with Crippen molar-refractivity contribution in [1.29, 1.82) is 0 Å². The zero-order valence-electron chi connectivity index (χ0n) is 16.2. The predicted molar refractivity (Wildman–Crippen MR) is 101 cm³/mol. The molecule has 0 saturated heterocycles.